The van der Waals surface area contributed by atoms with Crippen LogP contribution in [0.3, 0.4) is 0 Å². The maximum Gasteiger partial charge on any atom is 0.344 e. The van der Waals surface area contributed by atoms with Crippen molar-refractivity contribution in [2.75, 3.05) is 38.5 Å². The lowest BCUT2D eigenvalue weighted by molar-refractivity contribution is 0.0693. The smallest absolute Gasteiger partial charge is 0.344 e. The molecule has 12 heteroatoms. The van der Waals surface area contributed by atoms with Crippen molar-refractivity contribution in [3.05, 3.63) is 40.5 Å². The van der Waals surface area contributed by atoms with E-state index in [1.807, 2.05) is 0 Å². The Morgan fingerprint density at radius 1 is 1.23 bits per heavy atom. The normalized spacial score (nSPS) is 19.8. The molecule has 1 aromatic heterocycles. The number of nitrogens with zero attached hydrogens (tertiary/aromatic N) is 3. The number of likely N-dealkylation sites (tertiary alicyclic amines) is 2. The van der Waals surface area contributed by atoms with Gasteiger partial charge >= 0.3 is 12.0 Å². The van der Waals surface area contributed by atoms with Crippen LogP contribution in [0.25, 0.3) is 0 Å². The number of anilines is 1. The highest BCUT2D eigenvalue weighted by Crippen LogP contribution is 2.32. The number of fused-ring (bicyclic) bond motifs is 2. The number of aromatic nitrogens is 1. The van der Waals surface area contributed by atoms with Crippen molar-refractivity contribution in [3.8, 4) is 5.88 Å². The molecule has 190 valence electrons. The molecule has 2 saturated heterocycles. The summed E-state index contributed by atoms with van der Waals surface area (Å²) in [6, 6.07) is 3.06. The van der Waals surface area contributed by atoms with Crippen LogP contribution >= 0.6 is 11.5 Å². The van der Waals surface area contributed by atoms with Gasteiger partial charge in [-0.1, -0.05) is 0 Å². The number of benzene rings is 1. The van der Waals surface area contributed by atoms with Crippen LogP contribution in [0.15, 0.2) is 12.1 Å². The molecule has 9 nitrogen and oxygen atoms in total. The van der Waals surface area contributed by atoms with E-state index >= 15 is 0 Å². The third kappa shape index (κ3) is 5.88. The lowest BCUT2D eigenvalue weighted by atomic mass is 10.1. The second-order valence-electron chi connectivity index (χ2n) is 9.06. The van der Waals surface area contributed by atoms with Crippen LogP contribution in [0.2, 0.25) is 0 Å². The summed E-state index contributed by atoms with van der Waals surface area (Å²) in [5, 5.41) is 14.7. The van der Waals surface area contributed by atoms with Gasteiger partial charge in [-0.3, -0.25) is 10.2 Å². The molecule has 1 aromatic carbocycles. The van der Waals surface area contributed by atoms with Crippen molar-refractivity contribution in [2.24, 2.45) is 0 Å². The Morgan fingerprint density at radius 2 is 1.97 bits per heavy atom. The van der Waals surface area contributed by atoms with Crippen LogP contribution in [0, 0.1) is 18.6 Å². The second kappa shape index (κ2) is 10.8. The standard InChI is InChI=1S/C23H29F2N5O4S/c1-13-7-17(24)16(18(25)8-13)12-34-20-19(22(31)32)21(35-28-20)27-23(33)26-5-3-4-6-30-11-14-9-15(30)10-29(14)2/h7-8,14-15H,3-6,9-12H2,1-2H3,(H,31,32)(H2,26,27,33). The molecule has 3 heterocycles. The molecule has 3 N–H and O–H groups in total. The molecule has 2 unspecified atom stereocenters. The maximum atomic E-state index is 14.0. The number of halogens is 2. The van der Waals surface area contributed by atoms with E-state index in [2.05, 4.69) is 31.9 Å². The Kier molecular flexibility index (Phi) is 7.82. The summed E-state index contributed by atoms with van der Waals surface area (Å²) in [7, 11) is 2.17. The van der Waals surface area contributed by atoms with E-state index in [4.69, 9.17) is 4.74 Å². The zero-order valence-electron chi connectivity index (χ0n) is 19.6. The largest absolute Gasteiger partial charge is 0.477 e. The monoisotopic (exact) mass is 509 g/mol. The molecule has 0 saturated carbocycles. The number of unbranched alkanes of at least 4 members (excludes halogenated alkanes) is 1. The number of rotatable bonds is 10. The van der Waals surface area contributed by atoms with E-state index in [1.165, 1.54) is 6.42 Å². The number of hydrogen-bond acceptors (Lipinski definition) is 7. The highest BCUT2D eigenvalue weighted by atomic mass is 32.1. The zero-order valence-corrected chi connectivity index (χ0v) is 20.5. The number of nitrogens with one attached hydrogen (secondary N) is 2. The maximum absolute atomic E-state index is 14.0. The Hall–Kier alpha value is -2.83. The molecule has 2 aliphatic rings. The molecule has 35 heavy (non-hydrogen) atoms. The van der Waals surface area contributed by atoms with Crippen LogP contribution in [-0.4, -0.2) is 76.6 Å². The number of ether oxygens (including phenoxy) is 1. The molecule has 2 fully saturated rings. The number of carboxylic acid groups (broad SMARTS) is 1. The summed E-state index contributed by atoms with van der Waals surface area (Å²) in [5.74, 6) is -3.28. The highest BCUT2D eigenvalue weighted by Gasteiger charge is 2.40. The van der Waals surface area contributed by atoms with Crippen LogP contribution in [0.1, 0.15) is 40.7 Å². The summed E-state index contributed by atoms with van der Waals surface area (Å²) in [4.78, 5) is 28.9. The fourth-order valence-corrected chi connectivity index (χ4v) is 5.39. The summed E-state index contributed by atoms with van der Waals surface area (Å²) in [5.41, 5.74) is -0.287. The van der Waals surface area contributed by atoms with Gasteiger partial charge in [0.15, 0.2) is 5.56 Å². The first-order chi connectivity index (χ1) is 16.7. The highest BCUT2D eigenvalue weighted by molar-refractivity contribution is 7.11. The number of amides is 2. The number of carbonyl (C=O) groups is 2. The Balaban J connectivity index is 1.24. The first-order valence-corrected chi connectivity index (χ1v) is 12.3. The van der Waals surface area contributed by atoms with Crippen LogP contribution < -0.4 is 15.4 Å². The summed E-state index contributed by atoms with van der Waals surface area (Å²) >= 11 is 0.720. The minimum absolute atomic E-state index is 0.0212. The average Bonchev–Trinajstić information content (AvgIpc) is 3.46. The van der Waals surface area contributed by atoms with E-state index in [9.17, 15) is 23.5 Å². The lowest BCUT2D eigenvalue weighted by Gasteiger charge is -2.31. The number of urea groups is 1. The summed E-state index contributed by atoms with van der Waals surface area (Å²) < 4.78 is 37.3. The molecule has 2 bridgehead atoms. The molecular weight excluding hydrogens is 480 g/mol. The number of piperazine rings is 1. The number of carbonyl (C=O) groups excluding carboxylic acids is 1. The zero-order chi connectivity index (χ0) is 25.1. The summed E-state index contributed by atoms with van der Waals surface area (Å²) in [6.45, 7) is 4.68. The first-order valence-electron chi connectivity index (χ1n) is 11.5. The molecule has 2 atom stereocenters. The molecule has 0 spiro atoms. The van der Waals surface area contributed by atoms with Crippen molar-refractivity contribution in [1.82, 2.24) is 19.5 Å². The van der Waals surface area contributed by atoms with E-state index in [-0.39, 0.29) is 22.0 Å². The summed E-state index contributed by atoms with van der Waals surface area (Å²) in [6.07, 6.45) is 2.99. The van der Waals surface area contributed by atoms with Gasteiger partial charge in [0.05, 0.1) is 5.56 Å². The van der Waals surface area contributed by atoms with Crippen molar-refractivity contribution in [2.45, 2.75) is 44.9 Å². The number of carboxylic acids is 1. The van der Waals surface area contributed by atoms with E-state index in [0.29, 0.717) is 24.2 Å². The molecule has 4 rings (SSSR count). The van der Waals surface area contributed by atoms with Gasteiger partial charge in [0.2, 0.25) is 5.88 Å². The van der Waals surface area contributed by atoms with Crippen molar-refractivity contribution in [3.63, 3.8) is 0 Å². The van der Waals surface area contributed by atoms with E-state index in [0.717, 1.165) is 56.1 Å². The van der Waals surface area contributed by atoms with Gasteiger partial charge in [0.25, 0.3) is 0 Å². The molecular formula is C23H29F2N5O4S. The number of aromatic carboxylic acids is 1. The Bertz CT molecular complexity index is 1070. The third-order valence-corrected chi connectivity index (χ3v) is 7.27. The molecule has 2 aromatic rings. The molecule has 0 aliphatic carbocycles. The fourth-order valence-electron chi connectivity index (χ4n) is 4.67. The van der Waals surface area contributed by atoms with Gasteiger partial charge < -0.3 is 20.1 Å². The molecule has 2 aliphatic heterocycles. The third-order valence-electron chi connectivity index (χ3n) is 6.53. The van der Waals surface area contributed by atoms with Gasteiger partial charge in [-0.2, -0.15) is 4.37 Å². The van der Waals surface area contributed by atoms with E-state index < -0.39 is 30.2 Å². The van der Waals surface area contributed by atoms with Crippen molar-refractivity contribution in [1.29, 1.82) is 0 Å². The number of hydrogen-bond donors (Lipinski definition) is 3. The van der Waals surface area contributed by atoms with Gasteiger partial charge in [-0.15, -0.1) is 0 Å². The predicted molar refractivity (Wildman–Crippen MR) is 127 cm³/mol. The molecule has 0 radical (unpaired) electrons. The minimum Gasteiger partial charge on any atom is -0.477 e. The lowest BCUT2D eigenvalue weighted by Crippen LogP contribution is -2.44. The van der Waals surface area contributed by atoms with Crippen molar-refractivity contribution < 1.29 is 28.2 Å². The fraction of sp³-hybridized carbons (Fsp3) is 0.522. The van der Waals surface area contributed by atoms with Crippen LogP contribution in [-0.2, 0) is 6.61 Å². The minimum atomic E-state index is -1.38. The predicted octanol–water partition coefficient (Wildman–Crippen LogP) is 3.30. The average molecular weight is 510 g/mol. The Morgan fingerprint density at radius 3 is 2.60 bits per heavy atom. The topological polar surface area (TPSA) is 107 Å². The number of aryl methyl sites for hydroxylation is 1. The SMILES string of the molecule is Cc1cc(F)c(COc2nsc(NC(=O)NCCCCN3CC4CC3CN4C)c2C(=O)O)c(F)c1. The quantitative estimate of drug-likeness (QED) is 0.422. The number of likely N-dealkylation sites (N-methyl/N-ethyl adjacent to an activating group) is 1. The van der Waals surface area contributed by atoms with E-state index in [1.54, 1.807) is 6.92 Å². The van der Waals surface area contributed by atoms with Gasteiger partial charge in [-0.05, 0) is 69.0 Å². The molecule has 2 amide bonds. The van der Waals surface area contributed by atoms with Crippen molar-refractivity contribution >= 4 is 28.5 Å². The van der Waals surface area contributed by atoms with Gasteiger partial charge in [-0.25, -0.2) is 18.4 Å². The van der Waals surface area contributed by atoms with Crippen LogP contribution in [0.5, 0.6) is 5.88 Å². The first kappa shape index (κ1) is 25.3. The van der Waals surface area contributed by atoms with Crippen LogP contribution in [0.4, 0.5) is 18.6 Å². The van der Waals surface area contributed by atoms with Gasteiger partial charge in [0, 0.05) is 31.7 Å². The second-order valence-corrected chi connectivity index (χ2v) is 9.83. The van der Waals surface area contributed by atoms with Gasteiger partial charge in [0.1, 0.15) is 23.2 Å². The Labute approximate surface area is 206 Å².